The number of aliphatic hydroxyl groups is 1. The van der Waals surface area contributed by atoms with Crippen molar-refractivity contribution in [3.05, 3.63) is 35.9 Å². The maximum Gasteiger partial charge on any atom is 0.305 e. The molecule has 1 saturated carbocycles. The number of carbonyl (C=O) groups is 2. The highest BCUT2D eigenvalue weighted by atomic mass is 16.5. The predicted molar refractivity (Wildman–Crippen MR) is 166 cm³/mol. The summed E-state index contributed by atoms with van der Waals surface area (Å²) >= 11 is 0. The van der Waals surface area contributed by atoms with Crippen molar-refractivity contribution in [3.63, 3.8) is 0 Å². The van der Waals surface area contributed by atoms with Gasteiger partial charge in [0, 0.05) is 38.5 Å². The van der Waals surface area contributed by atoms with Crippen LogP contribution in [-0.2, 0) is 19.1 Å². The van der Waals surface area contributed by atoms with E-state index in [0.29, 0.717) is 31.3 Å². The number of carbonyl (C=O) groups excluding carboxylic acids is 2. The number of nitrogens with zero attached hydrogens (tertiary/aromatic N) is 4. The summed E-state index contributed by atoms with van der Waals surface area (Å²) in [5, 5.41) is 27.4. The molecule has 9 heteroatoms. The van der Waals surface area contributed by atoms with Crippen LogP contribution in [-0.4, -0.2) is 85.4 Å². The first-order chi connectivity index (χ1) is 20.9. The Morgan fingerprint density at radius 2 is 1.35 bits per heavy atom. The van der Waals surface area contributed by atoms with E-state index in [4.69, 9.17) is 20.0 Å². The summed E-state index contributed by atoms with van der Waals surface area (Å²) < 4.78 is 10.3. The molecule has 1 fully saturated rings. The highest BCUT2D eigenvalue weighted by Gasteiger charge is 2.34. The summed E-state index contributed by atoms with van der Waals surface area (Å²) in [6.07, 6.45) is 8.32. The molecule has 1 aliphatic carbocycles. The minimum Gasteiger partial charge on any atom is -0.464 e. The molecule has 0 aliphatic heterocycles. The summed E-state index contributed by atoms with van der Waals surface area (Å²) in [6.45, 7) is 8.27. The van der Waals surface area contributed by atoms with Crippen LogP contribution in [0.1, 0.15) is 89.5 Å². The van der Waals surface area contributed by atoms with Crippen LogP contribution in [0.4, 0.5) is 0 Å². The molecule has 0 amide bonds. The van der Waals surface area contributed by atoms with E-state index in [1.807, 2.05) is 0 Å². The van der Waals surface area contributed by atoms with E-state index in [1.54, 1.807) is 13.8 Å². The van der Waals surface area contributed by atoms with Gasteiger partial charge in [-0.05, 0) is 76.9 Å². The maximum atomic E-state index is 11.9. The Bertz CT molecular complexity index is 956. The molecule has 0 aromatic heterocycles. The van der Waals surface area contributed by atoms with Gasteiger partial charge in [0.15, 0.2) is 0 Å². The van der Waals surface area contributed by atoms with Crippen LogP contribution < -0.4 is 0 Å². The number of benzene rings is 1. The van der Waals surface area contributed by atoms with E-state index in [0.717, 1.165) is 77.5 Å². The Kier molecular flexibility index (Phi) is 18.2. The molecule has 2 atom stereocenters. The monoisotopic (exact) mass is 596 g/mol. The van der Waals surface area contributed by atoms with Crippen LogP contribution in [0.5, 0.6) is 0 Å². The molecule has 0 saturated heterocycles. The van der Waals surface area contributed by atoms with Gasteiger partial charge in [-0.1, -0.05) is 43.2 Å². The van der Waals surface area contributed by atoms with E-state index >= 15 is 0 Å². The largest absolute Gasteiger partial charge is 0.464 e. The third-order valence-electron chi connectivity index (χ3n) is 8.13. The Hall–Kier alpha value is -2.98. The van der Waals surface area contributed by atoms with Gasteiger partial charge >= 0.3 is 11.9 Å². The molecular weight excluding hydrogens is 544 g/mol. The molecule has 2 unspecified atom stereocenters. The third kappa shape index (κ3) is 15.4. The van der Waals surface area contributed by atoms with Crippen molar-refractivity contribution in [1.82, 2.24) is 9.80 Å². The highest BCUT2D eigenvalue weighted by Crippen LogP contribution is 2.39. The van der Waals surface area contributed by atoms with E-state index in [9.17, 15) is 14.7 Å². The molecule has 1 aromatic rings. The zero-order chi connectivity index (χ0) is 31.3. The quantitative estimate of drug-likeness (QED) is 0.136. The van der Waals surface area contributed by atoms with Crippen molar-refractivity contribution in [2.75, 3.05) is 52.5 Å². The number of unbranched alkanes of at least 4 members (excludes halogenated alkanes) is 4. The van der Waals surface area contributed by atoms with E-state index < -0.39 is 0 Å². The number of rotatable bonds is 23. The zero-order valence-corrected chi connectivity index (χ0v) is 26.3. The van der Waals surface area contributed by atoms with Crippen molar-refractivity contribution in [3.8, 4) is 12.1 Å². The normalized spacial score (nSPS) is 17.5. The van der Waals surface area contributed by atoms with Crippen molar-refractivity contribution in [2.45, 2.75) is 90.0 Å². The van der Waals surface area contributed by atoms with Gasteiger partial charge in [-0.3, -0.25) is 14.5 Å². The molecule has 238 valence electrons. The van der Waals surface area contributed by atoms with Gasteiger partial charge in [0.1, 0.15) is 13.2 Å². The Morgan fingerprint density at radius 1 is 0.814 bits per heavy atom. The highest BCUT2D eigenvalue weighted by molar-refractivity contribution is 5.69. The lowest BCUT2D eigenvalue weighted by Crippen LogP contribution is -2.48. The van der Waals surface area contributed by atoms with E-state index in [-0.39, 0.29) is 43.6 Å². The van der Waals surface area contributed by atoms with Crippen LogP contribution in [0.25, 0.3) is 0 Å². The number of hydrogen-bond acceptors (Lipinski definition) is 9. The molecule has 1 aliphatic rings. The van der Waals surface area contributed by atoms with Gasteiger partial charge in [0.25, 0.3) is 0 Å². The smallest absolute Gasteiger partial charge is 0.305 e. The first kappa shape index (κ1) is 36.2. The first-order valence-corrected chi connectivity index (χ1v) is 16.1. The molecule has 43 heavy (non-hydrogen) atoms. The number of ether oxygens (including phenoxy) is 2. The van der Waals surface area contributed by atoms with Crippen molar-refractivity contribution in [1.29, 1.82) is 10.5 Å². The van der Waals surface area contributed by atoms with Crippen molar-refractivity contribution in [2.24, 2.45) is 11.8 Å². The van der Waals surface area contributed by atoms with Crippen molar-refractivity contribution < 1.29 is 24.2 Å². The summed E-state index contributed by atoms with van der Waals surface area (Å²) in [6, 6.07) is 15.3. The molecule has 1 aromatic carbocycles. The summed E-state index contributed by atoms with van der Waals surface area (Å²) in [4.78, 5) is 28.8. The fraction of sp³-hybridized carbons (Fsp3) is 0.706. The SMILES string of the molecule is CC(C#N)COC(=O)CCCCCN(CCCCCC(=O)OCC(C)C#N)CCN(CCO)C1CC(c2ccccc2)C1. The molecule has 1 N–H and O–H groups in total. The fourth-order valence-electron chi connectivity index (χ4n) is 5.31. The van der Waals surface area contributed by atoms with Gasteiger partial charge in [0.2, 0.25) is 0 Å². The number of aliphatic hydroxyl groups excluding tert-OH is 1. The van der Waals surface area contributed by atoms with Gasteiger partial charge in [-0.15, -0.1) is 0 Å². The topological polar surface area (TPSA) is 127 Å². The minimum absolute atomic E-state index is 0.150. The first-order valence-electron chi connectivity index (χ1n) is 16.1. The average molecular weight is 597 g/mol. The Morgan fingerprint density at radius 3 is 1.84 bits per heavy atom. The van der Waals surface area contributed by atoms with Crippen LogP contribution >= 0.6 is 0 Å². The average Bonchev–Trinajstić information content (AvgIpc) is 2.99. The van der Waals surface area contributed by atoms with Crippen molar-refractivity contribution >= 4 is 11.9 Å². The molecule has 0 bridgehead atoms. The van der Waals surface area contributed by atoms with Crippen LogP contribution in [0.15, 0.2) is 30.3 Å². The lowest BCUT2D eigenvalue weighted by molar-refractivity contribution is -0.145. The van der Waals surface area contributed by atoms with Gasteiger partial charge in [-0.25, -0.2) is 0 Å². The molecule has 0 heterocycles. The lowest BCUT2D eigenvalue weighted by atomic mass is 9.75. The fourth-order valence-corrected chi connectivity index (χ4v) is 5.31. The number of nitriles is 2. The van der Waals surface area contributed by atoms with E-state index in [2.05, 4.69) is 52.3 Å². The maximum absolute atomic E-state index is 11.9. The third-order valence-corrected chi connectivity index (χ3v) is 8.13. The number of hydrogen-bond donors (Lipinski definition) is 1. The second-order valence-electron chi connectivity index (χ2n) is 11.9. The summed E-state index contributed by atoms with van der Waals surface area (Å²) in [5.74, 6) is -0.468. The molecule has 9 nitrogen and oxygen atoms in total. The minimum atomic E-state index is -0.287. The van der Waals surface area contributed by atoms with Crippen LogP contribution in [0.3, 0.4) is 0 Å². The van der Waals surface area contributed by atoms with Gasteiger partial charge < -0.3 is 19.5 Å². The molecule has 0 radical (unpaired) electrons. The van der Waals surface area contributed by atoms with E-state index in [1.165, 1.54) is 5.56 Å². The predicted octanol–water partition coefficient (Wildman–Crippen LogP) is 5.06. The van der Waals surface area contributed by atoms with Gasteiger partial charge in [-0.2, -0.15) is 10.5 Å². The number of esters is 2. The molecular formula is C34H52N4O5. The second-order valence-corrected chi connectivity index (χ2v) is 11.9. The van der Waals surface area contributed by atoms with Crippen LogP contribution in [0, 0.1) is 34.5 Å². The standard InChI is InChI=1S/C34H52N4O5/c1-28(24-35)26-42-33(40)14-8-4-10-16-37(17-11-5-9-15-34(41)43-27-29(2)25-36)18-19-38(20-21-39)32-22-31(23-32)30-12-6-3-7-13-30/h3,6-7,12-13,28-29,31-32,39H,4-5,8-11,14-23,26-27H2,1-2H3. The summed E-state index contributed by atoms with van der Waals surface area (Å²) in [7, 11) is 0. The lowest BCUT2D eigenvalue weighted by Gasteiger charge is -2.44. The Balaban J connectivity index is 1.77. The van der Waals surface area contributed by atoms with Gasteiger partial charge in [0.05, 0.1) is 30.6 Å². The second kappa shape index (κ2) is 21.7. The Labute approximate surface area is 258 Å². The zero-order valence-electron chi connectivity index (χ0n) is 26.3. The van der Waals surface area contributed by atoms with Crippen LogP contribution in [0.2, 0.25) is 0 Å². The summed E-state index contributed by atoms with van der Waals surface area (Å²) in [5.41, 5.74) is 1.40. The molecule has 0 spiro atoms. The molecule has 2 rings (SSSR count).